The SMILES string of the molecule is Cc1ccc(Cn2cc(/C=N/NC(=O)C(O)(c3ccccc3)c3ccccc3)c3ccccc32)cc1. The van der Waals surface area contributed by atoms with E-state index in [4.69, 9.17) is 0 Å². The van der Waals surface area contributed by atoms with Crippen LogP contribution in [0.15, 0.2) is 120 Å². The number of aromatic nitrogens is 1. The Labute approximate surface area is 210 Å². The number of hydrazone groups is 1. The van der Waals surface area contributed by atoms with Gasteiger partial charge >= 0.3 is 0 Å². The molecule has 36 heavy (non-hydrogen) atoms. The molecule has 178 valence electrons. The van der Waals surface area contributed by atoms with E-state index in [0.29, 0.717) is 11.1 Å². The van der Waals surface area contributed by atoms with E-state index < -0.39 is 11.5 Å². The number of fused-ring (bicyclic) bond motifs is 1. The monoisotopic (exact) mass is 473 g/mol. The Morgan fingerprint density at radius 1 is 0.861 bits per heavy atom. The molecule has 0 aliphatic heterocycles. The highest BCUT2D eigenvalue weighted by Gasteiger charge is 2.39. The first-order chi connectivity index (χ1) is 17.6. The van der Waals surface area contributed by atoms with Gasteiger partial charge in [0, 0.05) is 29.2 Å². The van der Waals surface area contributed by atoms with Crippen molar-refractivity contribution in [2.45, 2.75) is 19.1 Å². The first-order valence-corrected chi connectivity index (χ1v) is 11.9. The van der Waals surface area contributed by atoms with Crippen molar-refractivity contribution in [1.82, 2.24) is 9.99 Å². The van der Waals surface area contributed by atoms with Crippen LogP contribution in [0.1, 0.15) is 27.8 Å². The summed E-state index contributed by atoms with van der Waals surface area (Å²) in [6, 6.07) is 34.4. The number of carbonyl (C=O) groups excluding carboxylic acids is 1. The van der Waals surface area contributed by atoms with Gasteiger partial charge in [-0.2, -0.15) is 5.10 Å². The third-order valence-electron chi connectivity index (χ3n) is 6.37. The van der Waals surface area contributed by atoms with Crippen LogP contribution in [-0.2, 0) is 16.9 Å². The zero-order chi connectivity index (χ0) is 25.0. The smallest absolute Gasteiger partial charge is 0.281 e. The zero-order valence-electron chi connectivity index (χ0n) is 20.0. The summed E-state index contributed by atoms with van der Waals surface area (Å²) < 4.78 is 2.17. The highest BCUT2D eigenvalue weighted by Crippen LogP contribution is 2.30. The van der Waals surface area contributed by atoms with Gasteiger partial charge in [-0.25, -0.2) is 5.43 Å². The molecule has 1 aromatic heterocycles. The van der Waals surface area contributed by atoms with Crippen LogP contribution in [0.4, 0.5) is 0 Å². The number of aryl methyl sites for hydroxylation is 1. The van der Waals surface area contributed by atoms with Crippen LogP contribution >= 0.6 is 0 Å². The van der Waals surface area contributed by atoms with Gasteiger partial charge in [0.1, 0.15) is 0 Å². The van der Waals surface area contributed by atoms with Gasteiger partial charge in [0.15, 0.2) is 5.60 Å². The summed E-state index contributed by atoms with van der Waals surface area (Å²) in [6.45, 7) is 2.80. The Morgan fingerprint density at radius 2 is 1.44 bits per heavy atom. The lowest BCUT2D eigenvalue weighted by atomic mass is 9.85. The summed E-state index contributed by atoms with van der Waals surface area (Å²) in [7, 11) is 0. The van der Waals surface area contributed by atoms with E-state index in [0.717, 1.165) is 23.0 Å². The van der Waals surface area contributed by atoms with Crippen LogP contribution in [0.2, 0.25) is 0 Å². The van der Waals surface area contributed by atoms with Crippen LogP contribution in [0.5, 0.6) is 0 Å². The lowest BCUT2D eigenvalue weighted by Crippen LogP contribution is -2.43. The van der Waals surface area contributed by atoms with Crippen LogP contribution in [0, 0.1) is 6.92 Å². The van der Waals surface area contributed by atoms with Crippen molar-refractivity contribution in [3.8, 4) is 0 Å². The van der Waals surface area contributed by atoms with E-state index in [9.17, 15) is 9.90 Å². The molecular weight excluding hydrogens is 446 g/mol. The minimum Gasteiger partial charge on any atom is -0.372 e. The van der Waals surface area contributed by atoms with Gasteiger partial charge in [0.25, 0.3) is 5.91 Å². The average molecular weight is 474 g/mol. The molecule has 5 nitrogen and oxygen atoms in total. The van der Waals surface area contributed by atoms with E-state index in [-0.39, 0.29) is 0 Å². The molecule has 4 aromatic carbocycles. The van der Waals surface area contributed by atoms with E-state index in [2.05, 4.69) is 52.3 Å². The molecule has 0 unspecified atom stereocenters. The number of hydrogen-bond acceptors (Lipinski definition) is 3. The summed E-state index contributed by atoms with van der Waals surface area (Å²) in [5.41, 5.74) is 6.02. The highest BCUT2D eigenvalue weighted by atomic mass is 16.3. The molecule has 0 atom stereocenters. The molecule has 2 N–H and O–H groups in total. The van der Waals surface area contributed by atoms with E-state index in [1.165, 1.54) is 11.1 Å². The predicted octanol–water partition coefficient (Wildman–Crippen LogP) is 5.38. The maximum Gasteiger partial charge on any atom is 0.281 e. The number of amides is 1. The number of para-hydroxylation sites is 1. The second-order valence-corrected chi connectivity index (χ2v) is 8.86. The second kappa shape index (κ2) is 10.0. The minimum absolute atomic E-state index is 0.471. The molecule has 0 aliphatic rings. The standard InChI is InChI=1S/C31H27N3O2/c1-23-16-18-24(19-17-23)21-34-22-25(28-14-8-9-15-29(28)34)20-32-33-30(35)31(36,26-10-4-2-5-11-26)27-12-6-3-7-13-27/h2-20,22,36H,21H2,1H3,(H,33,35)/b32-20+. The number of hydrogen-bond donors (Lipinski definition) is 2. The molecule has 0 saturated carbocycles. The Kier molecular flexibility index (Phi) is 6.48. The van der Waals surface area contributed by atoms with Gasteiger partial charge in [0.05, 0.1) is 6.21 Å². The number of nitrogens with one attached hydrogen (secondary N) is 1. The first kappa shape index (κ1) is 23.3. The molecule has 1 amide bonds. The molecule has 1 heterocycles. The molecule has 0 radical (unpaired) electrons. The number of aliphatic hydroxyl groups is 1. The summed E-state index contributed by atoms with van der Waals surface area (Å²) >= 11 is 0. The maximum atomic E-state index is 13.3. The fourth-order valence-electron chi connectivity index (χ4n) is 4.43. The Bertz CT molecular complexity index is 1470. The normalized spacial score (nSPS) is 11.7. The van der Waals surface area contributed by atoms with Crippen LogP contribution in [0.3, 0.4) is 0 Å². The Hall–Kier alpha value is -4.48. The van der Waals surface area contributed by atoms with E-state index in [1.807, 2.05) is 36.5 Å². The van der Waals surface area contributed by atoms with Crippen LogP contribution in [0.25, 0.3) is 10.9 Å². The Balaban J connectivity index is 1.43. The van der Waals surface area contributed by atoms with Gasteiger partial charge in [-0.05, 0) is 29.7 Å². The number of carbonyl (C=O) groups is 1. The van der Waals surface area contributed by atoms with E-state index >= 15 is 0 Å². The van der Waals surface area contributed by atoms with Gasteiger partial charge in [-0.3, -0.25) is 4.79 Å². The molecule has 0 fully saturated rings. The molecule has 5 heteroatoms. The largest absolute Gasteiger partial charge is 0.372 e. The molecule has 5 aromatic rings. The molecule has 5 rings (SSSR count). The number of nitrogens with zero attached hydrogens (tertiary/aromatic N) is 2. The second-order valence-electron chi connectivity index (χ2n) is 8.86. The van der Waals surface area contributed by atoms with Crippen molar-refractivity contribution in [2.24, 2.45) is 5.10 Å². The topological polar surface area (TPSA) is 66.6 Å². The van der Waals surface area contributed by atoms with Crippen molar-refractivity contribution >= 4 is 23.0 Å². The molecule has 0 aliphatic carbocycles. The van der Waals surface area contributed by atoms with Gasteiger partial charge in [-0.1, -0.05) is 109 Å². The zero-order valence-corrected chi connectivity index (χ0v) is 20.0. The molecule has 0 bridgehead atoms. The highest BCUT2D eigenvalue weighted by molar-refractivity contribution is 6.00. The summed E-state index contributed by atoms with van der Waals surface area (Å²) in [5.74, 6) is -0.625. The predicted molar refractivity (Wildman–Crippen MR) is 144 cm³/mol. The number of benzene rings is 4. The third kappa shape index (κ3) is 4.57. The van der Waals surface area contributed by atoms with Crippen molar-refractivity contribution in [3.63, 3.8) is 0 Å². The lowest BCUT2D eigenvalue weighted by molar-refractivity contribution is -0.136. The summed E-state index contributed by atoms with van der Waals surface area (Å²) in [4.78, 5) is 13.3. The molecule has 0 spiro atoms. The lowest BCUT2D eigenvalue weighted by Gasteiger charge is -2.27. The minimum atomic E-state index is -1.88. The fourth-order valence-corrected chi connectivity index (χ4v) is 4.43. The number of rotatable bonds is 7. The van der Waals surface area contributed by atoms with E-state index in [1.54, 1.807) is 54.7 Å². The Morgan fingerprint density at radius 3 is 2.08 bits per heavy atom. The van der Waals surface area contributed by atoms with Gasteiger partial charge < -0.3 is 9.67 Å². The van der Waals surface area contributed by atoms with Crippen LogP contribution in [-0.4, -0.2) is 21.8 Å². The molecular formula is C31H27N3O2. The van der Waals surface area contributed by atoms with Gasteiger partial charge in [0.2, 0.25) is 0 Å². The summed E-state index contributed by atoms with van der Waals surface area (Å²) in [5, 5.41) is 16.9. The van der Waals surface area contributed by atoms with Crippen LogP contribution < -0.4 is 5.43 Å². The maximum absolute atomic E-state index is 13.3. The van der Waals surface area contributed by atoms with Crippen molar-refractivity contribution in [2.75, 3.05) is 0 Å². The van der Waals surface area contributed by atoms with Gasteiger partial charge in [-0.15, -0.1) is 0 Å². The fraction of sp³-hybridized carbons (Fsp3) is 0.0968. The molecule has 0 saturated heterocycles. The van der Waals surface area contributed by atoms with Crippen molar-refractivity contribution < 1.29 is 9.90 Å². The summed E-state index contributed by atoms with van der Waals surface area (Å²) in [6.07, 6.45) is 3.66. The third-order valence-corrected chi connectivity index (χ3v) is 6.37. The average Bonchev–Trinajstić information content (AvgIpc) is 3.27. The van der Waals surface area contributed by atoms with Crippen molar-refractivity contribution in [3.05, 3.63) is 143 Å². The quantitative estimate of drug-likeness (QED) is 0.246. The first-order valence-electron chi connectivity index (χ1n) is 11.9. The van der Waals surface area contributed by atoms with Crippen molar-refractivity contribution in [1.29, 1.82) is 0 Å².